The molecule has 0 spiro atoms. The molecule has 1 amide bonds. The number of hydrogen-bond donors (Lipinski definition) is 1. The Morgan fingerprint density at radius 2 is 1.82 bits per heavy atom. The molecule has 4 nitrogen and oxygen atoms in total. The number of thiocarbonyl (C=S) groups is 1. The first-order valence-electron chi connectivity index (χ1n) is 11.9. The Morgan fingerprint density at radius 3 is 2.44 bits per heavy atom. The summed E-state index contributed by atoms with van der Waals surface area (Å²) in [6, 6.07) is 15.3. The predicted molar refractivity (Wildman–Crippen MR) is 145 cm³/mol. The third-order valence-electron chi connectivity index (χ3n) is 7.43. The summed E-state index contributed by atoms with van der Waals surface area (Å²) in [6.45, 7) is 8.74. The van der Waals surface area contributed by atoms with Crippen molar-refractivity contribution < 1.29 is 9.53 Å². The fourth-order valence-electron chi connectivity index (χ4n) is 5.50. The van der Waals surface area contributed by atoms with Crippen LogP contribution >= 0.6 is 39.7 Å². The lowest BCUT2D eigenvalue weighted by Gasteiger charge is -2.38. The zero-order chi connectivity index (χ0) is 24.6. The molecule has 5 atom stereocenters. The van der Waals surface area contributed by atoms with Crippen molar-refractivity contribution in [2.75, 3.05) is 0 Å². The van der Waals surface area contributed by atoms with Crippen molar-refractivity contribution in [3.05, 3.63) is 69.2 Å². The number of amides is 1. The van der Waals surface area contributed by atoms with Crippen molar-refractivity contribution in [2.45, 2.75) is 64.6 Å². The van der Waals surface area contributed by atoms with Gasteiger partial charge in [-0.25, -0.2) is 9.69 Å². The van der Waals surface area contributed by atoms with E-state index in [4.69, 9.17) is 28.6 Å². The average molecular weight is 564 g/mol. The minimum absolute atomic E-state index is 0.107. The van der Waals surface area contributed by atoms with Crippen LogP contribution in [-0.4, -0.2) is 22.2 Å². The highest BCUT2D eigenvalue weighted by Gasteiger charge is 2.52. The molecule has 1 heterocycles. The molecule has 4 rings (SSSR count). The molecule has 0 bridgehead atoms. The lowest BCUT2D eigenvalue weighted by molar-refractivity contribution is -0.00700. The largest absolute Gasteiger partial charge is 0.445 e. The van der Waals surface area contributed by atoms with E-state index in [1.807, 2.05) is 36.4 Å². The SMILES string of the molecule is CC(C)[C@@H]1CC[C@@H](C)C[C@H]1OC(=O)N1C(=S)N[C@](C)(c2ccc(Br)cc2)[C@@H]1c1ccc(Cl)cc1. The molecule has 2 aromatic carbocycles. The highest BCUT2D eigenvalue weighted by atomic mass is 79.9. The van der Waals surface area contributed by atoms with Crippen LogP contribution in [0.3, 0.4) is 0 Å². The first kappa shape index (κ1) is 25.5. The monoisotopic (exact) mass is 562 g/mol. The Labute approximate surface area is 221 Å². The standard InChI is InChI=1S/C27H32BrClN2O2S/c1-16(2)22-14-5-17(3)15-23(22)33-26(32)31-24(18-6-12-21(29)13-7-18)27(4,30-25(31)34)19-8-10-20(28)11-9-19/h6-13,16-17,22-24H,5,14-15H2,1-4H3,(H,30,34)/t17-,22+,23-,24+,27-/m1/s1. The van der Waals surface area contributed by atoms with Crippen LogP contribution in [0.4, 0.5) is 4.79 Å². The van der Waals surface area contributed by atoms with E-state index in [9.17, 15) is 4.79 Å². The van der Waals surface area contributed by atoms with Crippen molar-refractivity contribution >= 4 is 51.0 Å². The molecule has 34 heavy (non-hydrogen) atoms. The summed E-state index contributed by atoms with van der Waals surface area (Å²) >= 11 is 15.5. The van der Waals surface area contributed by atoms with Gasteiger partial charge in [-0.3, -0.25) is 0 Å². The second-order valence-electron chi connectivity index (χ2n) is 10.2. The second-order valence-corrected chi connectivity index (χ2v) is 12.0. The van der Waals surface area contributed by atoms with Crippen LogP contribution < -0.4 is 5.32 Å². The van der Waals surface area contributed by atoms with Crippen LogP contribution in [0, 0.1) is 17.8 Å². The van der Waals surface area contributed by atoms with Gasteiger partial charge < -0.3 is 10.1 Å². The Bertz CT molecular complexity index is 1050. The normalized spacial score (nSPS) is 29.3. The summed E-state index contributed by atoms with van der Waals surface area (Å²) in [5.41, 5.74) is 1.33. The number of halogens is 2. The predicted octanol–water partition coefficient (Wildman–Crippen LogP) is 7.85. The Kier molecular flexibility index (Phi) is 7.61. The van der Waals surface area contributed by atoms with Gasteiger partial charge >= 0.3 is 6.09 Å². The van der Waals surface area contributed by atoms with Crippen molar-refractivity contribution in [1.82, 2.24) is 10.2 Å². The highest BCUT2D eigenvalue weighted by Crippen LogP contribution is 2.45. The number of nitrogens with zero attached hydrogens (tertiary/aromatic N) is 1. The molecule has 0 unspecified atom stereocenters. The van der Waals surface area contributed by atoms with E-state index < -0.39 is 5.54 Å². The van der Waals surface area contributed by atoms with Crippen molar-refractivity contribution in [3.63, 3.8) is 0 Å². The molecule has 1 aliphatic heterocycles. The van der Waals surface area contributed by atoms with Gasteiger partial charge in [-0.2, -0.15) is 0 Å². The van der Waals surface area contributed by atoms with E-state index in [1.165, 1.54) is 6.42 Å². The maximum absolute atomic E-state index is 13.8. The molecule has 182 valence electrons. The lowest BCUT2D eigenvalue weighted by Crippen LogP contribution is -2.43. The van der Waals surface area contributed by atoms with E-state index >= 15 is 0 Å². The molecular formula is C27H32BrClN2O2S. The number of hydrogen-bond acceptors (Lipinski definition) is 3. The number of carbonyl (C=O) groups is 1. The fraction of sp³-hybridized carbons (Fsp3) is 0.481. The van der Waals surface area contributed by atoms with Crippen LogP contribution in [0.15, 0.2) is 53.0 Å². The topological polar surface area (TPSA) is 41.6 Å². The third kappa shape index (κ3) is 5.00. The van der Waals surface area contributed by atoms with Gasteiger partial charge in [-0.05, 0) is 85.1 Å². The van der Waals surface area contributed by atoms with Crippen molar-refractivity contribution in [3.8, 4) is 0 Å². The van der Waals surface area contributed by atoms with E-state index in [0.29, 0.717) is 27.9 Å². The van der Waals surface area contributed by atoms with Crippen LogP contribution in [-0.2, 0) is 10.3 Å². The lowest BCUT2D eigenvalue weighted by atomic mass is 9.75. The maximum atomic E-state index is 13.8. The van der Waals surface area contributed by atoms with Gasteiger partial charge in [0.15, 0.2) is 5.11 Å². The first-order chi connectivity index (χ1) is 16.1. The third-order valence-corrected chi connectivity index (χ3v) is 8.51. The Balaban J connectivity index is 1.71. The number of nitrogens with one attached hydrogen (secondary N) is 1. The first-order valence-corrected chi connectivity index (χ1v) is 13.5. The van der Waals surface area contributed by atoms with Gasteiger partial charge in [0.2, 0.25) is 0 Å². The quantitative estimate of drug-likeness (QED) is 0.385. The van der Waals surface area contributed by atoms with E-state index in [0.717, 1.165) is 28.4 Å². The summed E-state index contributed by atoms with van der Waals surface area (Å²) in [6.07, 6.45) is 2.65. The highest BCUT2D eigenvalue weighted by molar-refractivity contribution is 9.10. The zero-order valence-electron chi connectivity index (χ0n) is 20.1. The fourth-order valence-corrected chi connectivity index (χ4v) is 6.29. The van der Waals surface area contributed by atoms with Gasteiger partial charge in [0.05, 0.1) is 11.6 Å². The Hall–Kier alpha value is -1.63. The van der Waals surface area contributed by atoms with Gasteiger partial charge in [0.1, 0.15) is 6.10 Å². The van der Waals surface area contributed by atoms with Gasteiger partial charge in [0.25, 0.3) is 0 Å². The molecule has 7 heteroatoms. The van der Waals surface area contributed by atoms with Gasteiger partial charge in [-0.1, -0.05) is 79.0 Å². The molecule has 1 aliphatic carbocycles. The summed E-state index contributed by atoms with van der Waals surface area (Å²) < 4.78 is 7.23. The van der Waals surface area contributed by atoms with E-state index in [1.54, 1.807) is 4.90 Å². The maximum Gasteiger partial charge on any atom is 0.417 e. The minimum Gasteiger partial charge on any atom is -0.445 e. The molecule has 0 radical (unpaired) electrons. The minimum atomic E-state index is -0.637. The van der Waals surface area contributed by atoms with Crippen molar-refractivity contribution in [2.24, 2.45) is 17.8 Å². The second kappa shape index (κ2) is 10.2. The zero-order valence-corrected chi connectivity index (χ0v) is 23.2. The van der Waals surface area contributed by atoms with Crippen molar-refractivity contribution in [1.29, 1.82) is 0 Å². The van der Waals surface area contributed by atoms with E-state index in [2.05, 4.69) is 61.1 Å². The van der Waals surface area contributed by atoms with Crippen LogP contribution in [0.5, 0.6) is 0 Å². The van der Waals surface area contributed by atoms with Crippen LogP contribution in [0.25, 0.3) is 0 Å². The molecule has 1 N–H and O–H groups in total. The summed E-state index contributed by atoms with van der Waals surface area (Å²) in [7, 11) is 0. The van der Waals surface area contributed by atoms with Gasteiger partial charge in [-0.15, -0.1) is 0 Å². The smallest absolute Gasteiger partial charge is 0.417 e. The number of benzene rings is 2. The molecule has 0 aromatic heterocycles. The summed E-state index contributed by atoms with van der Waals surface area (Å²) in [4.78, 5) is 15.4. The van der Waals surface area contributed by atoms with Crippen LogP contribution in [0.2, 0.25) is 5.02 Å². The number of ether oxygens (including phenoxy) is 1. The Morgan fingerprint density at radius 1 is 1.18 bits per heavy atom. The molecular weight excluding hydrogens is 532 g/mol. The molecule has 2 aliphatic rings. The van der Waals surface area contributed by atoms with Crippen LogP contribution in [0.1, 0.15) is 64.1 Å². The van der Waals surface area contributed by atoms with Gasteiger partial charge in [0, 0.05) is 9.50 Å². The summed E-state index contributed by atoms with van der Waals surface area (Å²) in [5, 5.41) is 4.47. The molecule has 2 fully saturated rings. The molecule has 2 aromatic rings. The molecule has 1 saturated heterocycles. The van der Waals surface area contributed by atoms with E-state index in [-0.39, 0.29) is 18.2 Å². The summed E-state index contributed by atoms with van der Waals surface area (Å²) in [5.74, 6) is 1.35. The number of rotatable bonds is 4. The average Bonchev–Trinajstić information content (AvgIpc) is 3.05. The number of carbonyl (C=O) groups excluding carboxylic acids is 1. The molecule has 1 saturated carbocycles.